The molecule has 1 heterocycles. The van der Waals surface area contributed by atoms with Gasteiger partial charge in [-0.25, -0.2) is 0 Å². The summed E-state index contributed by atoms with van der Waals surface area (Å²) < 4.78 is 37.6. The van der Waals surface area contributed by atoms with Crippen molar-refractivity contribution >= 4 is 0 Å². The van der Waals surface area contributed by atoms with Gasteiger partial charge in [0.1, 0.15) is 0 Å². The van der Waals surface area contributed by atoms with Gasteiger partial charge in [0, 0.05) is 6.54 Å². The maximum absolute atomic E-state index is 12.5. The van der Waals surface area contributed by atoms with Crippen molar-refractivity contribution in [2.24, 2.45) is 11.3 Å². The highest BCUT2D eigenvalue weighted by Crippen LogP contribution is 2.34. The van der Waals surface area contributed by atoms with E-state index in [9.17, 15) is 13.2 Å². The first kappa shape index (κ1) is 16.3. The van der Waals surface area contributed by atoms with E-state index in [0.29, 0.717) is 5.41 Å². The maximum Gasteiger partial charge on any atom is 0.416 e. The topological polar surface area (TPSA) is 3.24 Å². The van der Waals surface area contributed by atoms with Gasteiger partial charge in [-0.2, -0.15) is 13.2 Å². The second-order valence-electron chi connectivity index (χ2n) is 7.11. The van der Waals surface area contributed by atoms with Gasteiger partial charge in [-0.1, -0.05) is 32.9 Å². The lowest BCUT2D eigenvalue weighted by Gasteiger charge is -2.38. The van der Waals surface area contributed by atoms with Crippen molar-refractivity contribution in [2.75, 3.05) is 13.1 Å². The molecule has 2 rings (SSSR count). The van der Waals surface area contributed by atoms with Crippen LogP contribution in [-0.4, -0.2) is 18.0 Å². The molecule has 21 heavy (non-hydrogen) atoms. The Labute approximate surface area is 125 Å². The van der Waals surface area contributed by atoms with E-state index < -0.39 is 11.7 Å². The third kappa shape index (κ3) is 4.47. The molecule has 1 aromatic carbocycles. The Hall–Kier alpha value is -1.03. The fourth-order valence-electron chi connectivity index (χ4n) is 3.01. The summed E-state index contributed by atoms with van der Waals surface area (Å²) >= 11 is 0. The van der Waals surface area contributed by atoms with Crippen molar-refractivity contribution in [3.63, 3.8) is 0 Å². The van der Waals surface area contributed by atoms with Crippen LogP contribution in [0.3, 0.4) is 0 Å². The van der Waals surface area contributed by atoms with E-state index in [4.69, 9.17) is 0 Å². The van der Waals surface area contributed by atoms with Crippen LogP contribution < -0.4 is 0 Å². The molecule has 1 saturated heterocycles. The van der Waals surface area contributed by atoms with E-state index in [1.165, 1.54) is 25.0 Å². The molecule has 0 radical (unpaired) electrons. The Morgan fingerprint density at radius 3 is 1.95 bits per heavy atom. The van der Waals surface area contributed by atoms with Crippen LogP contribution in [0.5, 0.6) is 0 Å². The molecule has 0 aromatic heterocycles. The fourth-order valence-corrected chi connectivity index (χ4v) is 3.01. The number of halogens is 3. The van der Waals surface area contributed by atoms with Gasteiger partial charge in [-0.15, -0.1) is 0 Å². The number of benzene rings is 1. The molecule has 1 nitrogen and oxygen atoms in total. The number of rotatable bonds is 2. The molecule has 0 atom stereocenters. The standard InChI is InChI=1S/C17H24F3N/c1-16(2,3)14-8-10-21(11-9-14)12-13-4-6-15(7-5-13)17(18,19)20/h4-7,14H,8-12H2,1-3H3. The molecule has 1 aromatic rings. The van der Waals surface area contributed by atoms with Crippen LogP contribution in [0.25, 0.3) is 0 Å². The van der Waals surface area contributed by atoms with E-state index in [-0.39, 0.29) is 0 Å². The molecule has 118 valence electrons. The molecule has 1 aliphatic heterocycles. The lowest BCUT2D eigenvalue weighted by Crippen LogP contribution is -2.37. The minimum atomic E-state index is -4.25. The van der Waals surface area contributed by atoms with Gasteiger partial charge in [0.15, 0.2) is 0 Å². The first-order valence-electron chi connectivity index (χ1n) is 7.55. The minimum Gasteiger partial charge on any atom is -0.299 e. The molecular weight excluding hydrogens is 275 g/mol. The van der Waals surface area contributed by atoms with Crippen LogP contribution in [0.1, 0.15) is 44.7 Å². The number of piperidine rings is 1. The third-order valence-electron chi connectivity index (χ3n) is 4.50. The molecule has 1 fully saturated rings. The Morgan fingerprint density at radius 1 is 1.00 bits per heavy atom. The van der Waals surface area contributed by atoms with Crippen LogP contribution in [0.15, 0.2) is 24.3 Å². The Balaban J connectivity index is 1.89. The van der Waals surface area contributed by atoms with Crippen molar-refractivity contribution in [1.82, 2.24) is 4.90 Å². The van der Waals surface area contributed by atoms with Gasteiger partial charge in [-0.3, -0.25) is 4.90 Å². The third-order valence-corrected chi connectivity index (χ3v) is 4.50. The normalized spacial score (nSPS) is 19.0. The zero-order chi connectivity index (χ0) is 15.7. The molecule has 1 aliphatic rings. The summed E-state index contributed by atoms with van der Waals surface area (Å²) in [5.74, 6) is 0.737. The summed E-state index contributed by atoms with van der Waals surface area (Å²) in [5, 5.41) is 0. The monoisotopic (exact) mass is 299 g/mol. The summed E-state index contributed by atoms with van der Waals surface area (Å²) in [4.78, 5) is 2.34. The predicted molar refractivity (Wildman–Crippen MR) is 78.9 cm³/mol. The quantitative estimate of drug-likeness (QED) is 0.745. The van der Waals surface area contributed by atoms with Crippen LogP contribution in [0, 0.1) is 11.3 Å². The highest BCUT2D eigenvalue weighted by Gasteiger charge is 2.30. The van der Waals surface area contributed by atoms with E-state index >= 15 is 0 Å². The van der Waals surface area contributed by atoms with Crippen molar-refractivity contribution in [2.45, 2.75) is 46.3 Å². The van der Waals surface area contributed by atoms with Gasteiger partial charge >= 0.3 is 6.18 Å². The molecular formula is C17H24F3N. The molecule has 0 N–H and O–H groups in total. The van der Waals surface area contributed by atoms with Crippen molar-refractivity contribution in [3.05, 3.63) is 35.4 Å². The predicted octanol–water partition coefficient (Wildman–Crippen LogP) is 4.96. The fraction of sp³-hybridized carbons (Fsp3) is 0.647. The van der Waals surface area contributed by atoms with Crippen LogP contribution in [0.4, 0.5) is 13.2 Å². The number of hydrogen-bond donors (Lipinski definition) is 0. The average molecular weight is 299 g/mol. The molecule has 0 saturated carbocycles. The zero-order valence-corrected chi connectivity index (χ0v) is 13.0. The number of alkyl halides is 3. The molecule has 4 heteroatoms. The first-order chi connectivity index (χ1) is 9.66. The van der Waals surface area contributed by atoms with Gasteiger partial charge in [0.25, 0.3) is 0 Å². The second-order valence-corrected chi connectivity index (χ2v) is 7.11. The van der Waals surface area contributed by atoms with E-state index in [0.717, 1.165) is 31.1 Å². The number of likely N-dealkylation sites (tertiary alicyclic amines) is 1. The van der Waals surface area contributed by atoms with Crippen LogP contribution in [0.2, 0.25) is 0 Å². The van der Waals surface area contributed by atoms with Gasteiger partial charge < -0.3 is 0 Å². The molecule has 0 bridgehead atoms. The van der Waals surface area contributed by atoms with Crippen molar-refractivity contribution in [1.29, 1.82) is 0 Å². The summed E-state index contributed by atoms with van der Waals surface area (Å²) in [6.45, 7) is 9.65. The zero-order valence-electron chi connectivity index (χ0n) is 13.0. The van der Waals surface area contributed by atoms with Crippen LogP contribution >= 0.6 is 0 Å². The summed E-state index contributed by atoms with van der Waals surface area (Å²) in [5.41, 5.74) is 0.732. The number of nitrogens with zero attached hydrogens (tertiary/aromatic N) is 1. The Morgan fingerprint density at radius 2 is 1.52 bits per heavy atom. The smallest absolute Gasteiger partial charge is 0.299 e. The van der Waals surface area contributed by atoms with Crippen LogP contribution in [-0.2, 0) is 12.7 Å². The molecule has 0 aliphatic carbocycles. The summed E-state index contributed by atoms with van der Waals surface area (Å²) in [7, 11) is 0. The Kier molecular flexibility index (Phi) is 4.66. The van der Waals surface area contributed by atoms with E-state index in [1.54, 1.807) is 12.1 Å². The van der Waals surface area contributed by atoms with Gasteiger partial charge in [-0.05, 0) is 55.0 Å². The number of hydrogen-bond acceptors (Lipinski definition) is 1. The van der Waals surface area contributed by atoms with Gasteiger partial charge in [0.05, 0.1) is 5.56 Å². The highest BCUT2D eigenvalue weighted by atomic mass is 19.4. The second kappa shape index (κ2) is 5.99. The highest BCUT2D eigenvalue weighted by molar-refractivity contribution is 5.24. The summed E-state index contributed by atoms with van der Waals surface area (Å²) in [6.07, 6.45) is -1.90. The maximum atomic E-state index is 12.5. The lowest BCUT2D eigenvalue weighted by atomic mass is 9.75. The SMILES string of the molecule is CC(C)(C)C1CCN(Cc2ccc(C(F)(F)F)cc2)CC1. The lowest BCUT2D eigenvalue weighted by molar-refractivity contribution is -0.137. The van der Waals surface area contributed by atoms with Crippen molar-refractivity contribution in [3.8, 4) is 0 Å². The van der Waals surface area contributed by atoms with E-state index in [2.05, 4.69) is 25.7 Å². The first-order valence-corrected chi connectivity index (χ1v) is 7.55. The molecule has 0 unspecified atom stereocenters. The Bertz CT molecular complexity index is 448. The summed E-state index contributed by atoms with van der Waals surface area (Å²) in [6, 6.07) is 5.55. The van der Waals surface area contributed by atoms with E-state index in [1.807, 2.05) is 0 Å². The molecule has 0 amide bonds. The molecule has 0 spiro atoms. The van der Waals surface area contributed by atoms with Gasteiger partial charge in [0.2, 0.25) is 0 Å². The van der Waals surface area contributed by atoms with Crippen molar-refractivity contribution < 1.29 is 13.2 Å². The minimum absolute atomic E-state index is 0.348. The average Bonchev–Trinajstić information content (AvgIpc) is 2.38. The largest absolute Gasteiger partial charge is 0.416 e.